The van der Waals surface area contributed by atoms with Gasteiger partial charge in [0.15, 0.2) is 0 Å². The van der Waals surface area contributed by atoms with E-state index in [4.69, 9.17) is 5.73 Å². The fourth-order valence-electron chi connectivity index (χ4n) is 2.63. The second kappa shape index (κ2) is 5.90. The summed E-state index contributed by atoms with van der Waals surface area (Å²) in [4.78, 5) is 24.7. The number of nitrogen functional groups attached to an aromatic ring is 1. The zero-order chi connectivity index (χ0) is 14.7. The minimum atomic E-state index is -0.558. The van der Waals surface area contributed by atoms with E-state index < -0.39 is 4.92 Å². The van der Waals surface area contributed by atoms with E-state index in [-0.39, 0.29) is 28.9 Å². The van der Waals surface area contributed by atoms with Gasteiger partial charge in [-0.3, -0.25) is 14.9 Å². The molecule has 0 spiro atoms. The van der Waals surface area contributed by atoms with Gasteiger partial charge in [-0.15, -0.1) is 0 Å². The number of hydrogen-bond acceptors (Lipinski definition) is 4. The molecule has 2 N–H and O–H groups in total. The number of nitro benzene ring substituents is 1. The molecule has 0 radical (unpaired) electrons. The average Bonchev–Trinajstić information content (AvgIpc) is 2.62. The van der Waals surface area contributed by atoms with Gasteiger partial charge in [0.05, 0.1) is 10.5 Å². The highest BCUT2D eigenvalue weighted by molar-refractivity contribution is 6.01. The number of carbonyl (C=O) groups excluding carboxylic acids is 1. The van der Waals surface area contributed by atoms with Crippen LogP contribution in [0.25, 0.3) is 0 Å². The number of rotatable bonds is 2. The summed E-state index contributed by atoms with van der Waals surface area (Å²) < 4.78 is 0. The highest BCUT2D eigenvalue weighted by Crippen LogP contribution is 2.27. The van der Waals surface area contributed by atoms with Crippen LogP contribution >= 0.6 is 0 Å². The van der Waals surface area contributed by atoms with Gasteiger partial charge in [0, 0.05) is 18.7 Å². The maximum Gasteiger partial charge on any atom is 0.292 e. The van der Waals surface area contributed by atoms with E-state index in [9.17, 15) is 14.9 Å². The largest absolute Gasteiger partial charge is 0.393 e. The van der Waals surface area contributed by atoms with Crippen molar-refractivity contribution in [3.05, 3.63) is 33.9 Å². The van der Waals surface area contributed by atoms with Crippen molar-refractivity contribution in [3.63, 3.8) is 0 Å². The molecule has 0 aromatic heterocycles. The Labute approximate surface area is 117 Å². The third-order valence-corrected chi connectivity index (χ3v) is 3.82. The molecule has 0 bridgehead atoms. The van der Waals surface area contributed by atoms with E-state index in [1.165, 1.54) is 12.1 Å². The maximum absolute atomic E-state index is 12.6. The lowest BCUT2D eigenvalue weighted by Crippen LogP contribution is -2.38. The van der Waals surface area contributed by atoms with Crippen LogP contribution in [0.2, 0.25) is 0 Å². The van der Waals surface area contributed by atoms with E-state index in [2.05, 4.69) is 0 Å². The van der Waals surface area contributed by atoms with Crippen LogP contribution in [0.1, 0.15) is 43.0 Å². The van der Waals surface area contributed by atoms with Crippen molar-refractivity contribution in [2.75, 3.05) is 12.3 Å². The predicted octanol–water partition coefficient (Wildman–Crippen LogP) is 2.58. The van der Waals surface area contributed by atoms with E-state index in [0.29, 0.717) is 6.54 Å². The highest BCUT2D eigenvalue weighted by Gasteiger charge is 2.27. The minimum absolute atomic E-state index is 0.0426. The summed E-state index contributed by atoms with van der Waals surface area (Å²) in [5.74, 6) is -0.208. The number of para-hydroxylation sites is 1. The van der Waals surface area contributed by atoms with Gasteiger partial charge in [-0.05, 0) is 25.8 Å². The standard InChI is InChI=1S/C14H19N3O3/c1-10-6-3-2-4-9-16(10)14(18)11-7-5-8-12(13(11)15)17(19)20/h5,7-8,10H,2-4,6,9,15H2,1H3. The average molecular weight is 277 g/mol. The molecule has 6 nitrogen and oxygen atoms in total. The fourth-order valence-corrected chi connectivity index (χ4v) is 2.63. The van der Waals surface area contributed by atoms with Crippen LogP contribution in [0.5, 0.6) is 0 Å². The third kappa shape index (κ3) is 2.74. The normalized spacial score (nSPS) is 19.4. The number of carbonyl (C=O) groups is 1. The first-order chi connectivity index (χ1) is 9.52. The summed E-state index contributed by atoms with van der Waals surface area (Å²) in [6.07, 6.45) is 4.14. The molecule has 108 valence electrons. The number of nitrogens with zero attached hydrogens (tertiary/aromatic N) is 2. The Kier molecular flexibility index (Phi) is 4.22. The van der Waals surface area contributed by atoms with Crippen molar-refractivity contribution in [3.8, 4) is 0 Å². The topological polar surface area (TPSA) is 89.5 Å². The first-order valence-electron chi connectivity index (χ1n) is 6.86. The van der Waals surface area contributed by atoms with E-state index in [1.807, 2.05) is 6.92 Å². The second-order valence-corrected chi connectivity index (χ2v) is 5.19. The molecule has 20 heavy (non-hydrogen) atoms. The van der Waals surface area contributed by atoms with Crippen molar-refractivity contribution >= 4 is 17.3 Å². The molecule has 1 fully saturated rings. The Balaban J connectivity index is 2.33. The molecular formula is C14H19N3O3. The minimum Gasteiger partial charge on any atom is -0.393 e. The van der Waals surface area contributed by atoms with Crippen LogP contribution in [0.15, 0.2) is 18.2 Å². The summed E-state index contributed by atoms with van der Waals surface area (Å²) in [5.41, 5.74) is 5.76. The molecule has 1 aliphatic heterocycles. The Hall–Kier alpha value is -2.11. The van der Waals surface area contributed by atoms with Crippen LogP contribution in [0.3, 0.4) is 0 Å². The molecular weight excluding hydrogens is 258 g/mol. The van der Waals surface area contributed by atoms with Gasteiger partial charge in [0.2, 0.25) is 0 Å². The Morgan fingerprint density at radius 3 is 2.85 bits per heavy atom. The van der Waals surface area contributed by atoms with Gasteiger partial charge in [0.1, 0.15) is 5.69 Å². The number of hydrogen-bond donors (Lipinski definition) is 1. The highest BCUT2D eigenvalue weighted by atomic mass is 16.6. The number of anilines is 1. The van der Waals surface area contributed by atoms with Crippen LogP contribution in [-0.2, 0) is 0 Å². The Bertz CT molecular complexity index is 530. The van der Waals surface area contributed by atoms with Crippen molar-refractivity contribution in [1.29, 1.82) is 0 Å². The molecule has 6 heteroatoms. The van der Waals surface area contributed by atoms with Crippen LogP contribution in [0.4, 0.5) is 11.4 Å². The molecule has 1 heterocycles. The number of amides is 1. The molecule has 1 aromatic rings. The zero-order valence-electron chi connectivity index (χ0n) is 11.5. The molecule has 2 rings (SSSR count). The molecule has 0 saturated carbocycles. The van der Waals surface area contributed by atoms with E-state index in [1.54, 1.807) is 11.0 Å². The Morgan fingerprint density at radius 2 is 2.15 bits per heavy atom. The summed E-state index contributed by atoms with van der Waals surface area (Å²) in [6.45, 7) is 2.69. The molecule has 1 unspecified atom stereocenters. The first-order valence-corrected chi connectivity index (χ1v) is 6.86. The number of nitro groups is 1. The summed E-state index contributed by atoms with van der Waals surface area (Å²) in [6, 6.07) is 4.52. The lowest BCUT2D eigenvalue weighted by molar-refractivity contribution is -0.383. The van der Waals surface area contributed by atoms with Crippen molar-refractivity contribution in [1.82, 2.24) is 4.90 Å². The number of nitrogens with two attached hydrogens (primary N) is 1. The molecule has 0 aliphatic carbocycles. The van der Waals surface area contributed by atoms with Gasteiger partial charge >= 0.3 is 0 Å². The summed E-state index contributed by atoms with van der Waals surface area (Å²) in [7, 11) is 0. The zero-order valence-corrected chi connectivity index (χ0v) is 11.5. The first kappa shape index (κ1) is 14.3. The third-order valence-electron chi connectivity index (χ3n) is 3.82. The maximum atomic E-state index is 12.6. The van der Waals surface area contributed by atoms with Crippen LogP contribution < -0.4 is 5.73 Å². The molecule has 1 saturated heterocycles. The van der Waals surface area contributed by atoms with Crippen molar-refractivity contribution < 1.29 is 9.72 Å². The van der Waals surface area contributed by atoms with Crippen molar-refractivity contribution in [2.24, 2.45) is 0 Å². The SMILES string of the molecule is CC1CCCCCN1C(=O)c1cccc([N+](=O)[O-])c1N. The summed E-state index contributed by atoms with van der Waals surface area (Å²) >= 11 is 0. The van der Waals surface area contributed by atoms with Crippen molar-refractivity contribution in [2.45, 2.75) is 38.6 Å². The smallest absolute Gasteiger partial charge is 0.292 e. The monoisotopic (exact) mass is 277 g/mol. The van der Waals surface area contributed by atoms with Gasteiger partial charge in [-0.1, -0.05) is 18.9 Å². The lowest BCUT2D eigenvalue weighted by Gasteiger charge is -2.27. The number of likely N-dealkylation sites (tertiary alicyclic amines) is 1. The Morgan fingerprint density at radius 1 is 1.40 bits per heavy atom. The predicted molar refractivity (Wildman–Crippen MR) is 76.5 cm³/mol. The quantitative estimate of drug-likeness (QED) is 0.511. The second-order valence-electron chi connectivity index (χ2n) is 5.19. The fraction of sp³-hybridized carbons (Fsp3) is 0.500. The molecule has 1 amide bonds. The molecule has 1 aliphatic rings. The van der Waals surface area contributed by atoms with Gasteiger partial charge in [0.25, 0.3) is 11.6 Å². The molecule has 1 aromatic carbocycles. The summed E-state index contributed by atoms with van der Waals surface area (Å²) in [5, 5.41) is 10.9. The van der Waals surface area contributed by atoms with E-state index >= 15 is 0 Å². The van der Waals surface area contributed by atoms with Gasteiger partial charge < -0.3 is 10.6 Å². The number of benzene rings is 1. The van der Waals surface area contributed by atoms with E-state index in [0.717, 1.165) is 25.7 Å². The van der Waals surface area contributed by atoms with Gasteiger partial charge in [-0.2, -0.15) is 0 Å². The molecule has 1 atom stereocenters. The van der Waals surface area contributed by atoms with Gasteiger partial charge in [-0.25, -0.2) is 0 Å². The van der Waals surface area contributed by atoms with Crippen LogP contribution in [0, 0.1) is 10.1 Å². The van der Waals surface area contributed by atoms with Crippen LogP contribution in [-0.4, -0.2) is 28.3 Å². The lowest BCUT2D eigenvalue weighted by atomic mass is 10.1.